The van der Waals surface area contributed by atoms with Gasteiger partial charge in [-0.05, 0) is 47.9 Å². The minimum atomic E-state index is -1.00. The number of hydrogen-bond donors (Lipinski definition) is 1. The Morgan fingerprint density at radius 1 is 0.771 bits per heavy atom. The molecule has 0 saturated heterocycles. The van der Waals surface area contributed by atoms with Crippen LogP contribution in [-0.4, -0.2) is 36.6 Å². The Morgan fingerprint density at radius 2 is 1.43 bits per heavy atom. The highest BCUT2D eigenvalue weighted by molar-refractivity contribution is 5.74. The van der Waals surface area contributed by atoms with Crippen LogP contribution in [0, 0.1) is 0 Å². The summed E-state index contributed by atoms with van der Waals surface area (Å²) >= 11 is 0. The van der Waals surface area contributed by atoms with Crippen LogP contribution in [0.5, 0.6) is 0 Å². The minimum Gasteiger partial charge on any atom is -0.463 e. The van der Waals surface area contributed by atoms with Crippen molar-refractivity contribution >= 4 is 17.8 Å². The fraction of sp³-hybridized carbons (Fsp3) is 0.483. The van der Waals surface area contributed by atoms with Crippen molar-refractivity contribution in [2.75, 3.05) is 13.2 Å². The summed E-state index contributed by atoms with van der Waals surface area (Å²) in [5, 5.41) is 2.86. The van der Waals surface area contributed by atoms with E-state index in [2.05, 4.69) is 48.6 Å². The highest BCUT2D eigenvalue weighted by Gasteiger charge is 2.34. The maximum Gasteiger partial charge on any atom is 0.302 e. The summed E-state index contributed by atoms with van der Waals surface area (Å²) in [6.07, 6.45) is 7.18. The zero-order valence-corrected chi connectivity index (χ0v) is 21.5. The predicted molar refractivity (Wildman–Crippen MR) is 138 cm³/mol. The summed E-state index contributed by atoms with van der Waals surface area (Å²) in [6.45, 7) is 6.09. The topological polar surface area (TPSA) is 81.7 Å². The fourth-order valence-corrected chi connectivity index (χ4v) is 4.08. The Hall–Kier alpha value is -3.15. The van der Waals surface area contributed by atoms with Gasteiger partial charge in [0.1, 0.15) is 18.8 Å². The van der Waals surface area contributed by atoms with E-state index in [1.165, 1.54) is 52.0 Å². The van der Waals surface area contributed by atoms with Crippen molar-refractivity contribution in [3.63, 3.8) is 0 Å². The van der Waals surface area contributed by atoms with Gasteiger partial charge < -0.3 is 14.8 Å². The molecule has 0 radical (unpaired) electrons. The lowest BCUT2D eigenvalue weighted by Crippen LogP contribution is -2.55. The zero-order chi connectivity index (χ0) is 25.7. The molecule has 1 amide bonds. The third kappa shape index (κ3) is 10.3. The molecule has 2 aromatic carbocycles. The van der Waals surface area contributed by atoms with Crippen LogP contribution in [0.3, 0.4) is 0 Å². The molecular formula is C29H39NO5. The van der Waals surface area contributed by atoms with E-state index in [1.807, 2.05) is 12.1 Å². The molecule has 0 heterocycles. The van der Waals surface area contributed by atoms with Gasteiger partial charge in [0, 0.05) is 20.8 Å². The molecule has 6 nitrogen and oxygen atoms in total. The molecule has 6 heteroatoms. The number of esters is 2. The second-order valence-corrected chi connectivity index (χ2v) is 9.23. The van der Waals surface area contributed by atoms with E-state index in [0.717, 1.165) is 23.1 Å². The van der Waals surface area contributed by atoms with Crippen LogP contribution in [0.1, 0.15) is 70.9 Å². The number of ether oxygens (including phenoxy) is 2. The molecule has 0 aromatic heterocycles. The van der Waals surface area contributed by atoms with E-state index in [0.29, 0.717) is 12.8 Å². The number of unbranched alkanes of at least 4 members (excludes halogenated alkanes) is 3. The van der Waals surface area contributed by atoms with Gasteiger partial charge in [0.05, 0.1) is 0 Å². The van der Waals surface area contributed by atoms with Crippen LogP contribution in [0.15, 0.2) is 48.5 Å². The molecule has 0 atom stereocenters. The van der Waals surface area contributed by atoms with Gasteiger partial charge in [-0.2, -0.15) is 0 Å². The second-order valence-electron chi connectivity index (χ2n) is 9.23. The van der Waals surface area contributed by atoms with Gasteiger partial charge in [0.25, 0.3) is 0 Å². The van der Waals surface area contributed by atoms with Crippen LogP contribution in [0.4, 0.5) is 0 Å². The molecule has 1 N–H and O–H groups in total. The normalized spacial score (nSPS) is 11.1. The van der Waals surface area contributed by atoms with Crippen LogP contribution >= 0.6 is 0 Å². The highest BCUT2D eigenvalue weighted by atomic mass is 16.5. The highest BCUT2D eigenvalue weighted by Crippen LogP contribution is 2.24. The number of carbonyl (C=O) groups is 3. The first-order valence-electron chi connectivity index (χ1n) is 12.5. The first kappa shape index (κ1) is 28.1. The number of nitrogens with one attached hydrogen (secondary N) is 1. The second kappa shape index (κ2) is 14.3. The Labute approximate surface area is 209 Å². The zero-order valence-electron chi connectivity index (χ0n) is 21.5. The van der Waals surface area contributed by atoms with Crippen LogP contribution in [0.2, 0.25) is 0 Å². The Morgan fingerprint density at radius 3 is 2.00 bits per heavy atom. The molecule has 0 saturated carbocycles. The molecule has 0 fully saturated rings. The largest absolute Gasteiger partial charge is 0.463 e. The van der Waals surface area contributed by atoms with Crippen molar-refractivity contribution in [3.05, 3.63) is 59.7 Å². The lowest BCUT2D eigenvalue weighted by atomic mass is 9.91. The first-order chi connectivity index (χ1) is 16.7. The fourth-order valence-electron chi connectivity index (χ4n) is 4.08. The lowest BCUT2D eigenvalue weighted by molar-refractivity contribution is -0.150. The molecule has 0 bridgehead atoms. The predicted octanol–water partition coefficient (Wildman–Crippen LogP) is 5.41. The van der Waals surface area contributed by atoms with Gasteiger partial charge in [-0.1, -0.05) is 74.7 Å². The lowest BCUT2D eigenvalue weighted by Gasteiger charge is -2.33. The number of carbonyl (C=O) groups excluding carboxylic acids is 3. The van der Waals surface area contributed by atoms with Crippen LogP contribution in [-0.2, 0) is 36.7 Å². The van der Waals surface area contributed by atoms with Crippen LogP contribution in [0.25, 0.3) is 11.1 Å². The number of rotatable bonds is 14. The Kier molecular flexibility index (Phi) is 11.5. The molecule has 190 valence electrons. The summed E-state index contributed by atoms with van der Waals surface area (Å²) in [7, 11) is 0. The van der Waals surface area contributed by atoms with Crippen molar-refractivity contribution in [1.29, 1.82) is 0 Å². The maximum atomic E-state index is 11.9. The summed E-state index contributed by atoms with van der Waals surface area (Å²) in [5.74, 6) is -1.20. The van der Waals surface area contributed by atoms with Crippen molar-refractivity contribution in [3.8, 4) is 11.1 Å². The van der Waals surface area contributed by atoms with Gasteiger partial charge in [-0.3, -0.25) is 14.4 Å². The average Bonchev–Trinajstić information content (AvgIpc) is 2.83. The maximum absolute atomic E-state index is 11.9. The van der Waals surface area contributed by atoms with Gasteiger partial charge in [0.15, 0.2) is 0 Å². The smallest absolute Gasteiger partial charge is 0.302 e. The van der Waals surface area contributed by atoms with Crippen molar-refractivity contribution in [1.82, 2.24) is 5.32 Å². The van der Waals surface area contributed by atoms with Gasteiger partial charge in [-0.15, -0.1) is 0 Å². The van der Waals surface area contributed by atoms with Gasteiger partial charge >= 0.3 is 11.9 Å². The summed E-state index contributed by atoms with van der Waals surface area (Å²) in [6, 6.07) is 17.0. The molecule has 35 heavy (non-hydrogen) atoms. The quantitative estimate of drug-likeness (QED) is 0.288. The molecule has 0 aliphatic heterocycles. The summed E-state index contributed by atoms with van der Waals surface area (Å²) < 4.78 is 10.5. The van der Waals surface area contributed by atoms with E-state index < -0.39 is 17.5 Å². The third-order valence-corrected chi connectivity index (χ3v) is 5.97. The van der Waals surface area contributed by atoms with Gasteiger partial charge in [0.2, 0.25) is 5.91 Å². The molecule has 0 aliphatic carbocycles. The van der Waals surface area contributed by atoms with E-state index in [-0.39, 0.29) is 19.1 Å². The Balaban J connectivity index is 2.13. The molecular weight excluding hydrogens is 442 g/mol. The number of aryl methyl sites for hydroxylation is 2. The molecule has 2 rings (SSSR count). The standard InChI is InChI=1S/C29H39NO5/c1-5-6-7-8-10-25-13-15-27(16-14-25)28-12-9-11-26(19-28)17-18-29(30-22(2)31,20-34-23(3)32)21-35-24(4)33/h9,11-16,19H,5-8,10,17-18,20-21H2,1-4H3,(H,30,31). The molecule has 0 aliphatic rings. The van der Waals surface area contributed by atoms with E-state index in [9.17, 15) is 14.4 Å². The summed E-state index contributed by atoms with van der Waals surface area (Å²) in [5.41, 5.74) is 3.70. The molecule has 0 unspecified atom stereocenters. The Bertz CT molecular complexity index is 949. The van der Waals surface area contributed by atoms with E-state index in [1.54, 1.807) is 0 Å². The molecule has 2 aromatic rings. The summed E-state index contributed by atoms with van der Waals surface area (Å²) in [4.78, 5) is 34.9. The minimum absolute atomic E-state index is 0.0748. The van der Waals surface area contributed by atoms with E-state index in [4.69, 9.17) is 9.47 Å². The van der Waals surface area contributed by atoms with Crippen molar-refractivity contribution in [2.45, 2.75) is 78.2 Å². The van der Waals surface area contributed by atoms with E-state index >= 15 is 0 Å². The SMILES string of the molecule is CCCCCCc1ccc(-c2cccc(CCC(COC(C)=O)(COC(C)=O)NC(C)=O)c2)cc1. The first-order valence-corrected chi connectivity index (χ1v) is 12.5. The van der Waals surface area contributed by atoms with Crippen molar-refractivity contribution < 1.29 is 23.9 Å². The number of amides is 1. The number of hydrogen-bond acceptors (Lipinski definition) is 5. The van der Waals surface area contributed by atoms with Crippen LogP contribution < -0.4 is 5.32 Å². The van der Waals surface area contributed by atoms with Crippen molar-refractivity contribution in [2.24, 2.45) is 0 Å². The monoisotopic (exact) mass is 481 g/mol. The average molecular weight is 482 g/mol. The number of benzene rings is 2. The van der Waals surface area contributed by atoms with Gasteiger partial charge in [-0.25, -0.2) is 0 Å². The third-order valence-electron chi connectivity index (χ3n) is 5.97. The molecule has 0 spiro atoms.